The second-order valence-electron chi connectivity index (χ2n) is 4.35. The van der Waals surface area contributed by atoms with Crippen LogP contribution in [-0.4, -0.2) is 54.2 Å². The van der Waals surface area contributed by atoms with Crippen LogP contribution in [0.4, 0.5) is 0 Å². The molecule has 1 aromatic rings. The van der Waals surface area contributed by atoms with Crippen LogP contribution in [0.3, 0.4) is 0 Å². The van der Waals surface area contributed by atoms with Gasteiger partial charge in [-0.1, -0.05) is 0 Å². The van der Waals surface area contributed by atoms with Gasteiger partial charge in [0.2, 0.25) is 5.88 Å². The molecule has 1 aliphatic rings. The molecule has 1 saturated heterocycles. The maximum Gasteiger partial charge on any atom is 0.358 e. The minimum atomic E-state index is -0.503. The molecule has 0 atom stereocenters. The Morgan fingerprint density at radius 2 is 2.11 bits per heavy atom. The Labute approximate surface area is 106 Å². The number of aromatic nitrogens is 2. The zero-order valence-corrected chi connectivity index (χ0v) is 10.6. The van der Waals surface area contributed by atoms with Crippen LogP contribution in [0.15, 0.2) is 12.4 Å². The molecule has 0 saturated carbocycles. The fourth-order valence-corrected chi connectivity index (χ4v) is 1.88. The highest BCUT2D eigenvalue weighted by Crippen LogP contribution is 2.16. The van der Waals surface area contributed by atoms with Crippen LogP contribution in [0.2, 0.25) is 0 Å². The maximum atomic E-state index is 11.3. The summed E-state index contributed by atoms with van der Waals surface area (Å²) in [5.74, 6) is -0.121. The van der Waals surface area contributed by atoms with Crippen LogP contribution in [0.5, 0.6) is 5.88 Å². The van der Waals surface area contributed by atoms with E-state index in [1.807, 2.05) is 0 Å². The Bertz CT molecular complexity index is 417. The third kappa shape index (κ3) is 3.16. The number of nitrogens with zero attached hydrogens (tertiary/aromatic N) is 3. The first-order valence-corrected chi connectivity index (χ1v) is 5.94. The Kier molecular flexibility index (Phi) is 4.09. The first-order valence-electron chi connectivity index (χ1n) is 5.94. The third-order valence-electron chi connectivity index (χ3n) is 2.96. The van der Waals surface area contributed by atoms with Crippen molar-refractivity contribution >= 4 is 5.97 Å². The van der Waals surface area contributed by atoms with Gasteiger partial charge in [0, 0.05) is 13.1 Å². The summed E-state index contributed by atoms with van der Waals surface area (Å²) in [5.41, 5.74) is 0.169. The van der Waals surface area contributed by atoms with E-state index in [1.165, 1.54) is 19.5 Å². The average molecular weight is 251 g/mol. The van der Waals surface area contributed by atoms with Gasteiger partial charge in [-0.25, -0.2) is 9.78 Å². The van der Waals surface area contributed by atoms with Gasteiger partial charge in [0.25, 0.3) is 0 Å². The Balaban J connectivity index is 1.99. The fraction of sp³-hybridized carbons (Fsp3) is 0.583. The number of methoxy groups -OCH3 is 1. The van der Waals surface area contributed by atoms with Gasteiger partial charge in [-0.05, 0) is 19.9 Å². The summed E-state index contributed by atoms with van der Waals surface area (Å²) >= 11 is 0. The van der Waals surface area contributed by atoms with E-state index in [0.717, 1.165) is 25.9 Å². The number of carbonyl (C=O) groups is 1. The van der Waals surface area contributed by atoms with Crippen LogP contribution in [0.1, 0.15) is 23.3 Å². The standard InChI is InChI=1S/C12H17N3O3/c1-15-5-3-9(4-6-15)18-11-8-13-7-10(14-11)12(16)17-2/h7-9H,3-6H2,1-2H3. The fourth-order valence-electron chi connectivity index (χ4n) is 1.88. The molecule has 98 valence electrons. The third-order valence-corrected chi connectivity index (χ3v) is 2.96. The SMILES string of the molecule is COC(=O)c1cncc(OC2CCN(C)CC2)n1. The normalized spacial score (nSPS) is 17.4. The summed E-state index contributed by atoms with van der Waals surface area (Å²) < 4.78 is 10.3. The predicted octanol–water partition coefficient (Wildman–Crippen LogP) is 0.736. The molecule has 2 heterocycles. The summed E-state index contributed by atoms with van der Waals surface area (Å²) in [6.45, 7) is 2.02. The monoisotopic (exact) mass is 251 g/mol. The second-order valence-corrected chi connectivity index (χ2v) is 4.35. The van der Waals surface area contributed by atoms with Crippen LogP contribution in [0.25, 0.3) is 0 Å². The Morgan fingerprint density at radius 1 is 1.39 bits per heavy atom. The lowest BCUT2D eigenvalue weighted by Gasteiger charge is -2.28. The lowest BCUT2D eigenvalue weighted by molar-refractivity contribution is 0.0589. The van der Waals surface area contributed by atoms with Crippen molar-refractivity contribution < 1.29 is 14.3 Å². The van der Waals surface area contributed by atoms with E-state index in [1.54, 1.807) is 0 Å². The van der Waals surface area contributed by atoms with Crippen molar-refractivity contribution in [2.75, 3.05) is 27.2 Å². The zero-order valence-electron chi connectivity index (χ0n) is 10.6. The van der Waals surface area contributed by atoms with Gasteiger partial charge in [-0.2, -0.15) is 0 Å². The van der Waals surface area contributed by atoms with Gasteiger partial charge in [0.05, 0.1) is 19.5 Å². The van der Waals surface area contributed by atoms with Gasteiger partial charge in [-0.15, -0.1) is 0 Å². The molecular formula is C12H17N3O3. The van der Waals surface area contributed by atoms with Crippen molar-refractivity contribution in [2.24, 2.45) is 0 Å². The van der Waals surface area contributed by atoms with Crippen molar-refractivity contribution in [2.45, 2.75) is 18.9 Å². The molecule has 0 spiro atoms. The first-order chi connectivity index (χ1) is 8.69. The molecule has 6 nitrogen and oxygen atoms in total. The highest BCUT2D eigenvalue weighted by atomic mass is 16.5. The number of piperidine rings is 1. The Hall–Kier alpha value is -1.69. The molecule has 2 rings (SSSR count). The predicted molar refractivity (Wildman–Crippen MR) is 64.5 cm³/mol. The average Bonchev–Trinajstić information content (AvgIpc) is 2.41. The highest BCUT2D eigenvalue weighted by Gasteiger charge is 2.19. The summed E-state index contributed by atoms with van der Waals surface area (Å²) in [6, 6.07) is 0. The summed E-state index contributed by atoms with van der Waals surface area (Å²) in [5, 5.41) is 0. The van der Waals surface area contributed by atoms with Crippen molar-refractivity contribution in [3.63, 3.8) is 0 Å². The molecule has 6 heteroatoms. The molecule has 1 aliphatic heterocycles. The van der Waals surface area contributed by atoms with Crippen molar-refractivity contribution in [1.82, 2.24) is 14.9 Å². The zero-order chi connectivity index (χ0) is 13.0. The van der Waals surface area contributed by atoms with Crippen LogP contribution < -0.4 is 4.74 Å². The molecule has 0 bridgehead atoms. The van der Waals surface area contributed by atoms with E-state index in [0.29, 0.717) is 5.88 Å². The van der Waals surface area contributed by atoms with Gasteiger partial charge < -0.3 is 14.4 Å². The molecular weight excluding hydrogens is 234 g/mol. The quantitative estimate of drug-likeness (QED) is 0.738. The van der Waals surface area contributed by atoms with E-state index in [-0.39, 0.29) is 11.8 Å². The topological polar surface area (TPSA) is 64.6 Å². The minimum absolute atomic E-state index is 0.142. The van der Waals surface area contributed by atoms with E-state index >= 15 is 0 Å². The number of hydrogen-bond donors (Lipinski definition) is 0. The number of ether oxygens (including phenoxy) is 2. The van der Waals surface area contributed by atoms with Crippen LogP contribution in [0, 0.1) is 0 Å². The molecule has 1 fully saturated rings. The smallest absolute Gasteiger partial charge is 0.358 e. The van der Waals surface area contributed by atoms with Gasteiger partial charge in [-0.3, -0.25) is 4.98 Å². The van der Waals surface area contributed by atoms with Gasteiger partial charge in [0.1, 0.15) is 6.10 Å². The lowest BCUT2D eigenvalue weighted by Crippen LogP contribution is -2.35. The van der Waals surface area contributed by atoms with E-state index < -0.39 is 5.97 Å². The highest BCUT2D eigenvalue weighted by molar-refractivity contribution is 5.86. The molecule has 1 aromatic heterocycles. The number of carbonyl (C=O) groups excluding carboxylic acids is 1. The molecule has 0 unspecified atom stereocenters. The van der Waals surface area contributed by atoms with Crippen molar-refractivity contribution in [3.8, 4) is 5.88 Å². The molecule has 0 amide bonds. The van der Waals surface area contributed by atoms with Crippen molar-refractivity contribution in [3.05, 3.63) is 18.1 Å². The van der Waals surface area contributed by atoms with Gasteiger partial charge in [0.15, 0.2) is 5.69 Å². The summed E-state index contributed by atoms with van der Waals surface area (Å²) in [7, 11) is 3.41. The van der Waals surface area contributed by atoms with Crippen LogP contribution >= 0.6 is 0 Å². The molecule has 0 aliphatic carbocycles. The second kappa shape index (κ2) is 5.77. The summed E-state index contributed by atoms with van der Waals surface area (Å²) in [4.78, 5) is 21.6. The first kappa shape index (κ1) is 12.8. The van der Waals surface area contributed by atoms with E-state index in [2.05, 4.69) is 26.7 Å². The molecule has 0 N–H and O–H groups in total. The molecule has 0 aromatic carbocycles. The number of rotatable bonds is 3. The minimum Gasteiger partial charge on any atom is -0.473 e. The largest absolute Gasteiger partial charge is 0.473 e. The van der Waals surface area contributed by atoms with Crippen molar-refractivity contribution in [1.29, 1.82) is 0 Å². The Morgan fingerprint density at radius 3 is 2.78 bits per heavy atom. The molecule has 18 heavy (non-hydrogen) atoms. The van der Waals surface area contributed by atoms with E-state index in [9.17, 15) is 4.79 Å². The number of likely N-dealkylation sites (tertiary alicyclic amines) is 1. The van der Waals surface area contributed by atoms with E-state index in [4.69, 9.17) is 4.74 Å². The van der Waals surface area contributed by atoms with Gasteiger partial charge >= 0.3 is 5.97 Å². The van der Waals surface area contributed by atoms with Crippen LogP contribution in [-0.2, 0) is 4.74 Å². The molecule has 0 radical (unpaired) electrons. The number of esters is 1. The lowest BCUT2D eigenvalue weighted by atomic mass is 10.1. The summed E-state index contributed by atoms with van der Waals surface area (Å²) in [6.07, 6.45) is 4.95. The maximum absolute atomic E-state index is 11.3. The number of hydrogen-bond acceptors (Lipinski definition) is 6.